The van der Waals surface area contributed by atoms with Gasteiger partial charge in [0.05, 0.1) is 15.5 Å². The largest absolute Gasteiger partial charge is 0.279 e. The predicted octanol–water partition coefficient (Wildman–Crippen LogP) is 2.84. The van der Waals surface area contributed by atoms with Gasteiger partial charge in [-0.15, -0.1) is 0 Å². The highest BCUT2D eigenvalue weighted by atomic mass is 32.2. The number of non-ortho nitro benzene ring substituents is 1. The van der Waals surface area contributed by atoms with Crippen molar-refractivity contribution < 1.29 is 17.7 Å². The Morgan fingerprint density at radius 3 is 2.33 bits per heavy atom. The minimum absolute atomic E-state index is 0.105. The van der Waals surface area contributed by atoms with Crippen LogP contribution in [0.4, 0.5) is 15.8 Å². The molecule has 0 unspecified atom stereocenters. The Kier molecular flexibility index (Phi) is 3.90. The summed E-state index contributed by atoms with van der Waals surface area (Å²) in [5, 5.41) is 10.7. The molecule has 0 spiro atoms. The van der Waals surface area contributed by atoms with Crippen LogP contribution >= 0.6 is 0 Å². The number of nitro benzene ring substituents is 1. The Bertz CT molecular complexity index is 788. The minimum atomic E-state index is -3.93. The number of hydrogen-bond acceptors (Lipinski definition) is 4. The molecule has 0 aromatic heterocycles. The maximum Gasteiger partial charge on any atom is 0.271 e. The topological polar surface area (TPSA) is 89.3 Å². The molecule has 0 bridgehead atoms. The standard InChI is InChI=1S/C13H11FN2O4S/c1-9-2-5-11(16(17)18)8-13(9)15-21(19,20)12-6-3-10(14)4-7-12/h2-8,15H,1H3. The lowest BCUT2D eigenvalue weighted by atomic mass is 10.2. The van der Waals surface area contributed by atoms with Crippen molar-refractivity contribution in [1.82, 2.24) is 0 Å². The first-order valence-corrected chi connectivity index (χ1v) is 7.31. The van der Waals surface area contributed by atoms with Gasteiger partial charge in [-0.3, -0.25) is 14.8 Å². The summed E-state index contributed by atoms with van der Waals surface area (Å²) in [7, 11) is -3.93. The molecule has 0 aliphatic rings. The number of nitrogens with zero attached hydrogens (tertiary/aromatic N) is 1. The van der Waals surface area contributed by atoms with E-state index >= 15 is 0 Å². The highest BCUT2D eigenvalue weighted by Gasteiger charge is 2.17. The van der Waals surface area contributed by atoms with Crippen molar-refractivity contribution in [3.05, 3.63) is 64.0 Å². The van der Waals surface area contributed by atoms with Gasteiger partial charge in [0.1, 0.15) is 5.82 Å². The third-order valence-corrected chi connectivity index (χ3v) is 4.18. The van der Waals surface area contributed by atoms with Crippen molar-refractivity contribution in [2.75, 3.05) is 4.72 Å². The van der Waals surface area contributed by atoms with E-state index in [0.717, 1.165) is 30.3 Å². The number of benzene rings is 2. The van der Waals surface area contributed by atoms with Crippen molar-refractivity contribution in [2.45, 2.75) is 11.8 Å². The molecule has 0 aliphatic heterocycles. The first-order valence-electron chi connectivity index (χ1n) is 5.83. The zero-order valence-corrected chi connectivity index (χ0v) is 11.7. The van der Waals surface area contributed by atoms with Crippen LogP contribution in [0.5, 0.6) is 0 Å². The fourth-order valence-electron chi connectivity index (χ4n) is 1.65. The number of nitrogens with one attached hydrogen (secondary N) is 1. The van der Waals surface area contributed by atoms with Gasteiger partial charge in [-0.1, -0.05) is 6.07 Å². The third-order valence-electron chi connectivity index (χ3n) is 2.80. The SMILES string of the molecule is Cc1ccc([N+](=O)[O-])cc1NS(=O)(=O)c1ccc(F)cc1. The number of hydrogen-bond donors (Lipinski definition) is 1. The van der Waals surface area contributed by atoms with Crippen LogP contribution in [0.25, 0.3) is 0 Å². The summed E-state index contributed by atoms with van der Waals surface area (Å²) >= 11 is 0. The van der Waals surface area contributed by atoms with Gasteiger partial charge >= 0.3 is 0 Å². The monoisotopic (exact) mass is 310 g/mol. The van der Waals surface area contributed by atoms with Gasteiger partial charge in [0, 0.05) is 12.1 Å². The third kappa shape index (κ3) is 3.34. The van der Waals surface area contributed by atoms with E-state index in [1.807, 2.05) is 0 Å². The van der Waals surface area contributed by atoms with Crippen LogP contribution in [0.2, 0.25) is 0 Å². The van der Waals surface area contributed by atoms with Gasteiger partial charge in [0.2, 0.25) is 0 Å². The highest BCUT2D eigenvalue weighted by molar-refractivity contribution is 7.92. The Morgan fingerprint density at radius 2 is 1.76 bits per heavy atom. The first-order chi connectivity index (χ1) is 9.79. The molecule has 0 heterocycles. The van der Waals surface area contributed by atoms with Gasteiger partial charge in [-0.25, -0.2) is 12.8 Å². The summed E-state index contributed by atoms with van der Waals surface area (Å²) in [6.45, 7) is 1.62. The Morgan fingerprint density at radius 1 is 1.14 bits per heavy atom. The lowest BCUT2D eigenvalue weighted by Crippen LogP contribution is -2.14. The normalized spacial score (nSPS) is 11.1. The van der Waals surface area contributed by atoms with E-state index in [2.05, 4.69) is 4.72 Å². The van der Waals surface area contributed by atoms with Gasteiger partial charge < -0.3 is 0 Å². The minimum Gasteiger partial charge on any atom is -0.279 e. The summed E-state index contributed by atoms with van der Waals surface area (Å²) in [5.74, 6) is -0.555. The second-order valence-electron chi connectivity index (χ2n) is 4.32. The molecule has 2 aromatic rings. The first kappa shape index (κ1) is 14.9. The molecular weight excluding hydrogens is 299 g/mol. The quantitative estimate of drug-likeness (QED) is 0.694. The Labute approximate surface area is 120 Å². The highest BCUT2D eigenvalue weighted by Crippen LogP contribution is 2.24. The van der Waals surface area contributed by atoms with E-state index in [-0.39, 0.29) is 16.3 Å². The molecule has 21 heavy (non-hydrogen) atoms. The van der Waals surface area contributed by atoms with Gasteiger partial charge in [0.15, 0.2) is 0 Å². The number of nitro groups is 1. The molecule has 110 valence electrons. The average Bonchev–Trinajstić information content (AvgIpc) is 2.41. The summed E-state index contributed by atoms with van der Waals surface area (Å²) in [4.78, 5) is 9.98. The molecular formula is C13H11FN2O4S. The number of sulfonamides is 1. The summed E-state index contributed by atoms with van der Waals surface area (Å²) < 4.78 is 39.4. The molecule has 8 heteroatoms. The van der Waals surface area contributed by atoms with E-state index in [1.165, 1.54) is 12.1 Å². The van der Waals surface area contributed by atoms with Crippen LogP contribution in [0.3, 0.4) is 0 Å². The second-order valence-corrected chi connectivity index (χ2v) is 6.00. The lowest BCUT2D eigenvalue weighted by Gasteiger charge is -2.10. The van der Waals surface area contributed by atoms with Crippen LogP contribution in [0.15, 0.2) is 47.4 Å². The average molecular weight is 310 g/mol. The molecule has 0 amide bonds. The van der Waals surface area contributed by atoms with Crippen molar-refractivity contribution in [3.8, 4) is 0 Å². The molecule has 2 aromatic carbocycles. The smallest absolute Gasteiger partial charge is 0.271 e. The molecule has 0 aliphatic carbocycles. The van der Waals surface area contributed by atoms with Gasteiger partial charge in [0.25, 0.3) is 15.7 Å². The molecule has 0 atom stereocenters. The Hall–Kier alpha value is -2.48. The molecule has 0 radical (unpaired) electrons. The predicted molar refractivity (Wildman–Crippen MR) is 75.0 cm³/mol. The summed E-state index contributed by atoms with van der Waals surface area (Å²) in [5.41, 5.74) is 0.414. The Balaban J connectivity index is 2.38. The number of anilines is 1. The maximum atomic E-state index is 12.8. The van der Waals surface area contributed by atoms with Gasteiger partial charge in [-0.05, 0) is 36.8 Å². The molecule has 6 nitrogen and oxygen atoms in total. The van der Waals surface area contributed by atoms with Crippen molar-refractivity contribution in [2.24, 2.45) is 0 Å². The molecule has 0 saturated carbocycles. The fourth-order valence-corrected chi connectivity index (χ4v) is 2.77. The number of aryl methyl sites for hydroxylation is 1. The number of halogens is 1. The summed E-state index contributed by atoms with van der Waals surface area (Å²) in [6, 6.07) is 8.14. The van der Waals surface area contributed by atoms with Crippen molar-refractivity contribution >= 4 is 21.4 Å². The lowest BCUT2D eigenvalue weighted by molar-refractivity contribution is -0.384. The van der Waals surface area contributed by atoms with Crippen molar-refractivity contribution in [3.63, 3.8) is 0 Å². The van der Waals surface area contributed by atoms with Crippen LogP contribution < -0.4 is 4.72 Å². The second kappa shape index (κ2) is 5.49. The van der Waals surface area contributed by atoms with E-state index in [4.69, 9.17) is 0 Å². The zero-order chi connectivity index (χ0) is 15.6. The fraction of sp³-hybridized carbons (Fsp3) is 0.0769. The number of rotatable bonds is 4. The van der Waals surface area contributed by atoms with Crippen LogP contribution in [0.1, 0.15) is 5.56 Å². The zero-order valence-electron chi connectivity index (χ0n) is 10.9. The van der Waals surface area contributed by atoms with Crippen LogP contribution in [-0.2, 0) is 10.0 Å². The van der Waals surface area contributed by atoms with Crippen LogP contribution in [-0.4, -0.2) is 13.3 Å². The van der Waals surface area contributed by atoms with Crippen molar-refractivity contribution in [1.29, 1.82) is 0 Å². The van der Waals surface area contributed by atoms with E-state index in [9.17, 15) is 22.9 Å². The van der Waals surface area contributed by atoms with Gasteiger partial charge in [-0.2, -0.15) is 0 Å². The molecule has 0 saturated heterocycles. The van der Waals surface area contributed by atoms with Crippen LogP contribution in [0, 0.1) is 22.9 Å². The summed E-state index contributed by atoms with van der Waals surface area (Å²) in [6.07, 6.45) is 0. The van der Waals surface area contributed by atoms with E-state index in [1.54, 1.807) is 6.92 Å². The van der Waals surface area contributed by atoms with E-state index in [0.29, 0.717) is 5.56 Å². The molecule has 0 fully saturated rings. The maximum absolute atomic E-state index is 12.8. The molecule has 2 rings (SSSR count). The van der Waals surface area contributed by atoms with E-state index < -0.39 is 20.8 Å². The molecule has 1 N–H and O–H groups in total.